The maximum Gasteiger partial charge on any atom is 0.446 e. The molecule has 1 unspecified atom stereocenters. The van der Waals surface area contributed by atoms with Crippen LogP contribution in [-0.4, -0.2) is 16.1 Å². The summed E-state index contributed by atoms with van der Waals surface area (Å²) in [4.78, 5) is 11.4. The summed E-state index contributed by atoms with van der Waals surface area (Å²) >= 11 is 6.78. The summed E-state index contributed by atoms with van der Waals surface area (Å²) < 4.78 is 37.0. The van der Waals surface area contributed by atoms with E-state index in [0.29, 0.717) is 0 Å². The lowest BCUT2D eigenvalue weighted by atomic mass is 10.1. The van der Waals surface area contributed by atoms with Crippen LogP contribution in [0.1, 0.15) is 17.3 Å². The number of Topliss-reactive ketones (excluding diaryl/α,β-unsaturated/α-hetero) is 1. The van der Waals surface area contributed by atoms with Gasteiger partial charge in [-0.05, 0) is 30.8 Å². The fourth-order valence-corrected chi connectivity index (χ4v) is 2.51. The van der Waals surface area contributed by atoms with E-state index in [0.717, 1.165) is 0 Å². The maximum absolute atomic E-state index is 12.3. The van der Waals surface area contributed by atoms with Crippen molar-refractivity contribution in [2.75, 3.05) is 0 Å². The Hall–Kier alpha value is -0.140. The van der Waals surface area contributed by atoms with E-state index in [9.17, 15) is 18.0 Å². The largest absolute Gasteiger partial charge is 0.446 e. The Bertz CT molecular complexity index is 432. The van der Waals surface area contributed by atoms with Crippen molar-refractivity contribution in [3.63, 3.8) is 0 Å². The van der Waals surface area contributed by atoms with E-state index in [1.165, 1.54) is 18.2 Å². The number of benzene rings is 1. The summed E-state index contributed by atoms with van der Waals surface area (Å²) in [6.45, 7) is 1.56. The topological polar surface area (TPSA) is 17.1 Å². The van der Waals surface area contributed by atoms with Crippen LogP contribution in [-0.2, 0) is 0 Å². The van der Waals surface area contributed by atoms with Gasteiger partial charge >= 0.3 is 5.51 Å². The molecule has 0 saturated heterocycles. The monoisotopic (exact) mass is 344 g/mol. The van der Waals surface area contributed by atoms with Crippen molar-refractivity contribution < 1.29 is 18.0 Å². The molecule has 0 N–H and O–H groups in total. The lowest BCUT2D eigenvalue weighted by molar-refractivity contribution is -0.0328. The van der Waals surface area contributed by atoms with Crippen LogP contribution >= 0.6 is 40.3 Å². The molecule has 0 bridgehead atoms. The molecule has 0 aromatic heterocycles. The van der Waals surface area contributed by atoms with Crippen molar-refractivity contribution in [3.05, 3.63) is 23.8 Å². The third kappa shape index (κ3) is 4.22. The van der Waals surface area contributed by atoms with Crippen LogP contribution in [0, 0.1) is 0 Å². The van der Waals surface area contributed by atoms with Crippen LogP contribution in [0.4, 0.5) is 13.2 Å². The molecule has 7 heteroatoms. The number of rotatable bonds is 3. The van der Waals surface area contributed by atoms with Gasteiger partial charge in [-0.25, -0.2) is 0 Å². The first-order valence-corrected chi connectivity index (χ1v) is 6.66. The van der Waals surface area contributed by atoms with Gasteiger partial charge in [-0.2, -0.15) is 13.2 Å². The van der Waals surface area contributed by atoms with Crippen LogP contribution in [0.25, 0.3) is 0 Å². The molecule has 1 aromatic carbocycles. The van der Waals surface area contributed by atoms with Crippen molar-refractivity contribution in [1.82, 2.24) is 0 Å². The van der Waals surface area contributed by atoms with Gasteiger partial charge in [0.1, 0.15) is 0 Å². The molecule has 1 atom stereocenters. The van der Waals surface area contributed by atoms with Crippen LogP contribution < -0.4 is 0 Å². The number of carbonyl (C=O) groups is 1. The van der Waals surface area contributed by atoms with Crippen LogP contribution in [0.5, 0.6) is 0 Å². The fourth-order valence-electron chi connectivity index (χ4n) is 1.18. The van der Waals surface area contributed by atoms with Gasteiger partial charge < -0.3 is 0 Å². The van der Waals surface area contributed by atoms with E-state index in [1.807, 2.05) is 0 Å². The normalized spacial score (nSPS) is 13.5. The highest BCUT2D eigenvalue weighted by molar-refractivity contribution is 9.10. The zero-order chi connectivity index (χ0) is 13.2. The standard InChI is InChI=1S/C10H8BrF3OS2/c1-5(11)9(15)8-6(16)3-2-4-7(8)17-10(12,13)14/h2-5,16H,1H3. The highest BCUT2D eigenvalue weighted by Gasteiger charge is 2.32. The Morgan fingerprint density at radius 2 is 2.06 bits per heavy atom. The van der Waals surface area contributed by atoms with Crippen LogP contribution in [0.2, 0.25) is 0 Å². The SMILES string of the molecule is CC(Br)C(=O)c1c(S)cccc1SC(F)(F)F. The van der Waals surface area contributed by atoms with E-state index in [1.54, 1.807) is 6.92 Å². The summed E-state index contributed by atoms with van der Waals surface area (Å²) in [7, 11) is 0. The first kappa shape index (κ1) is 14.9. The number of carbonyl (C=O) groups excluding carboxylic acids is 1. The Labute approximate surface area is 115 Å². The van der Waals surface area contributed by atoms with Crippen molar-refractivity contribution in [1.29, 1.82) is 0 Å². The van der Waals surface area contributed by atoms with Crippen LogP contribution in [0.15, 0.2) is 28.0 Å². The summed E-state index contributed by atoms with van der Waals surface area (Å²) in [6, 6.07) is 4.19. The number of thioether (sulfide) groups is 1. The molecule has 0 radical (unpaired) electrons. The number of alkyl halides is 4. The van der Waals surface area contributed by atoms with Gasteiger partial charge in [0, 0.05) is 15.4 Å². The Morgan fingerprint density at radius 3 is 2.53 bits per heavy atom. The van der Waals surface area contributed by atoms with Crippen molar-refractivity contribution in [2.24, 2.45) is 0 Å². The molecule has 94 valence electrons. The van der Waals surface area contributed by atoms with Crippen molar-refractivity contribution in [2.45, 2.75) is 27.1 Å². The van der Waals surface area contributed by atoms with Gasteiger partial charge in [0.05, 0.1) is 4.83 Å². The molecular formula is C10H8BrF3OS2. The number of hydrogen-bond acceptors (Lipinski definition) is 3. The predicted molar refractivity (Wildman–Crippen MR) is 68.3 cm³/mol. The molecule has 0 fully saturated rings. The molecule has 1 aromatic rings. The second-order valence-corrected chi connectivity index (χ2v) is 6.14. The van der Waals surface area contributed by atoms with Gasteiger partial charge in [0.2, 0.25) is 0 Å². The van der Waals surface area contributed by atoms with E-state index in [2.05, 4.69) is 28.6 Å². The summed E-state index contributed by atoms with van der Waals surface area (Å²) in [6.07, 6.45) is 0. The minimum atomic E-state index is -4.42. The van der Waals surface area contributed by atoms with Gasteiger partial charge in [-0.1, -0.05) is 22.0 Å². The maximum atomic E-state index is 12.3. The van der Waals surface area contributed by atoms with Crippen LogP contribution in [0.3, 0.4) is 0 Å². The molecule has 0 aliphatic carbocycles. The quantitative estimate of drug-likeness (QED) is 0.375. The molecule has 0 heterocycles. The summed E-state index contributed by atoms with van der Waals surface area (Å²) in [5.74, 6) is -0.414. The number of halogens is 4. The van der Waals surface area contributed by atoms with Gasteiger partial charge in [-0.15, -0.1) is 12.6 Å². The van der Waals surface area contributed by atoms with E-state index in [-0.39, 0.29) is 27.1 Å². The number of thiol groups is 1. The van der Waals surface area contributed by atoms with Gasteiger partial charge in [-0.3, -0.25) is 4.79 Å². The fraction of sp³-hybridized carbons (Fsp3) is 0.300. The van der Waals surface area contributed by atoms with Gasteiger partial charge in [0.15, 0.2) is 5.78 Å². The van der Waals surface area contributed by atoms with E-state index >= 15 is 0 Å². The molecule has 0 aliphatic rings. The highest BCUT2D eigenvalue weighted by Crippen LogP contribution is 2.40. The first-order valence-electron chi connectivity index (χ1n) is 4.48. The average molecular weight is 345 g/mol. The number of hydrogen-bond donors (Lipinski definition) is 1. The second-order valence-electron chi connectivity index (χ2n) is 3.18. The third-order valence-electron chi connectivity index (χ3n) is 1.84. The zero-order valence-electron chi connectivity index (χ0n) is 8.58. The van der Waals surface area contributed by atoms with Gasteiger partial charge in [0.25, 0.3) is 0 Å². The summed E-state index contributed by atoms with van der Waals surface area (Å²) in [5.41, 5.74) is -4.42. The average Bonchev–Trinajstić information content (AvgIpc) is 2.14. The number of ketones is 1. The Balaban J connectivity index is 3.22. The molecule has 0 aliphatic heterocycles. The predicted octanol–water partition coefficient (Wildman–Crippen LogP) is 4.55. The molecular weight excluding hydrogens is 337 g/mol. The lowest BCUT2D eigenvalue weighted by Gasteiger charge is -2.13. The third-order valence-corrected chi connectivity index (χ3v) is 3.42. The molecule has 0 saturated carbocycles. The molecule has 0 spiro atoms. The highest BCUT2D eigenvalue weighted by atomic mass is 79.9. The minimum Gasteiger partial charge on any atom is -0.293 e. The van der Waals surface area contributed by atoms with Crippen molar-refractivity contribution in [3.8, 4) is 0 Å². The minimum absolute atomic E-state index is 0.00235. The molecule has 1 rings (SSSR count). The van der Waals surface area contributed by atoms with E-state index in [4.69, 9.17) is 0 Å². The Morgan fingerprint density at radius 1 is 1.47 bits per heavy atom. The first-order chi connectivity index (χ1) is 7.72. The molecule has 0 amide bonds. The lowest BCUT2D eigenvalue weighted by Crippen LogP contribution is -2.13. The Kier molecular flexibility index (Phi) is 4.97. The van der Waals surface area contributed by atoms with Crippen molar-refractivity contribution >= 4 is 46.1 Å². The molecule has 17 heavy (non-hydrogen) atoms. The zero-order valence-corrected chi connectivity index (χ0v) is 11.9. The summed E-state index contributed by atoms with van der Waals surface area (Å²) in [5, 5.41) is 0. The molecule has 1 nitrogen and oxygen atoms in total. The second kappa shape index (κ2) is 5.67. The smallest absolute Gasteiger partial charge is 0.293 e. The van der Waals surface area contributed by atoms with E-state index < -0.39 is 16.1 Å².